The lowest BCUT2D eigenvalue weighted by molar-refractivity contribution is 0.0629. The topological polar surface area (TPSA) is 49.0 Å². The molecule has 1 saturated heterocycles. The van der Waals surface area contributed by atoms with Crippen LogP contribution >= 0.6 is 0 Å². The second kappa shape index (κ2) is 5.34. The van der Waals surface area contributed by atoms with E-state index in [0.717, 1.165) is 37.9 Å². The Hall–Kier alpha value is -1.32. The average molecular weight is 235 g/mol. The van der Waals surface area contributed by atoms with Gasteiger partial charge >= 0.3 is 0 Å². The maximum atomic E-state index is 12.3. The van der Waals surface area contributed by atoms with Crippen LogP contribution in [0.3, 0.4) is 0 Å². The number of piperidine rings is 1. The van der Waals surface area contributed by atoms with Crippen LogP contribution in [0.25, 0.3) is 0 Å². The van der Waals surface area contributed by atoms with E-state index >= 15 is 0 Å². The fourth-order valence-electron chi connectivity index (χ4n) is 2.42. The van der Waals surface area contributed by atoms with Crippen LogP contribution in [-0.2, 0) is 6.42 Å². The molecule has 4 nitrogen and oxygen atoms in total. The predicted molar refractivity (Wildman–Crippen MR) is 66.9 cm³/mol. The lowest BCUT2D eigenvalue weighted by Crippen LogP contribution is -2.42. The molecular formula is C13H21N3O. The number of hydrogen-bond donors (Lipinski definition) is 1. The molecule has 1 fully saturated rings. The van der Waals surface area contributed by atoms with Crippen molar-refractivity contribution < 1.29 is 4.79 Å². The number of carbonyl (C=O) groups excluding carboxylic acids is 1. The highest BCUT2D eigenvalue weighted by Crippen LogP contribution is 2.18. The average Bonchev–Trinajstić information content (AvgIpc) is 2.78. The van der Waals surface area contributed by atoms with E-state index in [2.05, 4.69) is 24.0 Å². The molecule has 0 unspecified atom stereocenters. The van der Waals surface area contributed by atoms with Crippen molar-refractivity contribution in [2.75, 3.05) is 6.54 Å². The maximum absolute atomic E-state index is 12.3. The number of carbonyl (C=O) groups is 1. The molecule has 1 atom stereocenters. The molecule has 0 aromatic carbocycles. The molecule has 0 aliphatic carbocycles. The first-order valence-electron chi connectivity index (χ1n) is 6.57. The first-order valence-corrected chi connectivity index (χ1v) is 6.57. The molecule has 0 saturated carbocycles. The van der Waals surface area contributed by atoms with E-state index in [1.54, 1.807) is 0 Å². The molecule has 94 valence electrons. The van der Waals surface area contributed by atoms with Crippen LogP contribution in [0.2, 0.25) is 0 Å². The first-order chi connectivity index (χ1) is 8.22. The molecule has 1 aromatic heterocycles. The summed E-state index contributed by atoms with van der Waals surface area (Å²) in [5.74, 6) is 0.0794. The highest BCUT2D eigenvalue weighted by molar-refractivity contribution is 5.92. The standard InChI is InChI=1S/C13H21N3O/c1-3-6-11-9-12(15-14-11)13(17)16-8-5-4-7-10(16)2/h9-10H,3-8H2,1-2H3,(H,14,15)/t10-/m1/s1. The fraction of sp³-hybridized carbons (Fsp3) is 0.692. The number of nitrogens with zero attached hydrogens (tertiary/aromatic N) is 2. The van der Waals surface area contributed by atoms with E-state index < -0.39 is 0 Å². The summed E-state index contributed by atoms with van der Waals surface area (Å²) in [6.07, 6.45) is 5.47. The van der Waals surface area contributed by atoms with E-state index in [1.807, 2.05) is 11.0 Å². The Balaban J connectivity index is 2.07. The highest BCUT2D eigenvalue weighted by Gasteiger charge is 2.25. The van der Waals surface area contributed by atoms with Crippen LogP contribution in [-0.4, -0.2) is 33.6 Å². The van der Waals surface area contributed by atoms with Crippen molar-refractivity contribution in [3.63, 3.8) is 0 Å². The number of aromatic amines is 1. The van der Waals surface area contributed by atoms with Crippen LogP contribution < -0.4 is 0 Å². The van der Waals surface area contributed by atoms with Gasteiger partial charge in [-0.3, -0.25) is 9.89 Å². The number of nitrogens with one attached hydrogen (secondary N) is 1. The summed E-state index contributed by atoms with van der Waals surface area (Å²) in [6, 6.07) is 2.25. The van der Waals surface area contributed by atoms with Gasteiger partial charge in [0.05, 0.1) is 0 Å². The minimum absolute atomic E-state index is 0.0794. The summed E-state index contributed by atoms with van der Waals surface area (Å²) in [5, 5.41) is 7.07. The molecule has 1 aliphatic rings. The lowest BCUT2D eigenvalue weighted by atomic mass is 10.0. The van der Waals surface area contributed by atoms with Gasteiger partial charge in [0, 0.05) is 18.3 Å². The molecule has 1 aromatic rings. The molecule has 0 spiro atoms. The van der Waals surface area contributed by atoms with E-state index in [-0.39, 0.29) is 5.91 Å². The second-order valence-corrected chi connectivity index (χ2v) is 4.87. The zero-order valence-corrected chi connectivity index (χ0v) is 10.7. The van der Waals surface area contributed by atoms with Gasteiger partial charge in [-0.05, 0) is 38.7 Å². The zero-order valence-electron chi connectivity index (χ0n) is 10.7. The van der Waals surface area contributed by atoms with Crippen molar-refractivity contribution >= 4 is 5.91 Å². The summed E-state index contributed by atoms with van der Waals surface area (Å²) >= 11 is 0. The maximum Gasteiger partial charge on any atom is 0.274 e. The third kappa shape index (κ3) is 2.68. The summed E-state index contributed by atoms with van der Waals surface area (Å²) in [5.41, 5.74) is 1.63. The lowest BCUT2D eigenvalue weighted by Gasteiger charge is -2.32. The fourth-order valence-corrected chi connectivity index (χ4v) is 2.42. The number of likely N-dealkylation sites (tertiary alicyclic amines) is 1. The molecule has 2 heterocycles. The summed E-state index contributed by atoms with van der Waals surface area (Å²) < 4.78 is 0. The van der Waals surface area contributed by atoms with Crippen LogP contribution in [0, 0.1) is 0 Å². The Labute approximate surface area is 102 Å². The number of hydrogen-bond acceptors (Lipinski definition) is 2. The van der Waals surface area contributed by atoms with Gasteiger partial charge in [0.1, 0.15) is 5.69 Å². The van der Waals surface area contributed by atoms with Crippen LogP contribution in [0.15, 0.2) is 6.07 Å². The molecule has 0 bridgehead atoms. The van der Waals surface area contributed by atoms with Gasteiger partial charge in [-0.2, -0.15) is 5.10 Å². The highest BCUT2D eigenvalue weighted by atomic mass is 16.2. The van der Waals surface area contributed by atoms with Gasteiger partial charge in [-0.25, -0.2) is 0 Å². The minimum Gasteiger partial charge on any atom is -0.335 e. The number of aryl methyl sites for hydroxylation is 1. The first kappa shape index (κ1) is 12.1. The normalized spacial score (nSPS) is 20.6. The van der Waals surface area contributed by atoms with Crippen LogP contribution in [0.1, 0.15) is 55.7 Å². The molecule has 0 radical (unpaired) electrons. The van der Waals surface area contributed by atoms with Gasteiger partial charge < -0.3 is 4.90 Å². The van der Waals surface area contributed by atoms with Gasteiger partial charge in [0.15, 0.2) is 0 Å². The zero-order chi connectivity index (χ0) is 12.3. The quantitative estimate of drug-likeness (QED) is 0.874. The Kier molecular flexibility index (Phi) is 3.82. The summed E-state index contributed by atoms with van der Waals surface area (Å²) in [7, 11) is 0. The molecule has 1 amide bonds. The SMILES string of the molecule is CCCc1cc(C(=O)N2CCCC[C@H]2C)n[nH]1. The second-order valence-electron chi connectivity index (χ2n) is 4.87. The Morgan fingerprint density at radius 1 is 1.59 bits per heavy atom. The smallest absolute Gasteiger partial charge is 0.274 e. The van der Waals surface area contributed by atoms with E-state index in [0.29, 0.717) is 11.7 Å². The van der Waals surface area contributed by atoms with Gasteiger partial charge in [-0.15, -0.1) is 0 Å². The summed E-state index contributed by atoms with van der Waals surface area (Å²) in [6.45, 7) is 5.11. The number of amides is 1. The number of H-pyrrole nitrogens is 1. The Morgan fingerprint density at radius 3 is 3.12 bits per heavy atom. The third-order valence-corrected chi connectivity index (χ3v) is 3.43. The monoisotopic (exact) mass is 235 g/mol. The third-order valence-electron chi connectivity index (χ3n) is 3.43. The van der Waals surface area contributed by atoms with Gasteiger partial charge in [0.25, 0.3) is 5.91 Å². The molecule has 1 aliphatic heterocycles. The van der Waals surface area contributed by atoms with Crippen LogP contribution in [0.4, 0.5) is 0 Å². The molecule has 4 heteroatoms. The number of rotatable bonds is 3. The molecule has 2 rings (SSSR count). The molecule has 1 N–H and O–H groups in total. The van der Waals surface area contributed by atoms with Crippen molar-refractivity contribution in [3.8, 4) is 0 Å². The largest absolute Gasteiger partial charge is 0.335 e. The minimum atomic E-state index is 0.0794. The predicted octanol–water partition coefficient (Wildman–Crippen LogP) is 2.38. The van der Waals surface area contributed by atoms with Crippen molar-refractivity contribution in [1.82, 2.24) is 15.1 Å². The molecular weight excluding hydrogens is 214 g/mol. The molecule has 17 heavy (non-hydrogen) atoms. The van der Waals surface area contributed by atoms with Gasteiger partial charge in [0.2, 0.25) is 0 Å². The van der Waals surface area contributed by atoms with E-state index in [1.165, 1.54) is 6.42 Å². The van der Waals surface area contributed by atoms with E-state index in [4.69, 9.17) is 0 Å². The van der Waals surface area contributed by atoms with Crippen LogP contribution in [0.5, 0.6) is 0 Å². The summed E-state index contributed by atoms with van der Waals surface area (Å²) in [4.78, 5) is 14.2. The Bertz CT molecular complexity index is 386. The Morgan fingerprint density at radius 2 is 2.41 bits per heavy atom. The van der Waals surface area contributed by atoms with E-state index in [9.17, 15) is 4.79 Å². The van der Waals surface area contributed by atoms with Crippen molar-refractivity contribution in [3.05, 3.63) is 17.5 Å². The number of aromatic nitrogens is 2. The van der Waals surface area contributed by atoms with Crippen molar-refractivity contribution in [2.24, 2.45) is 0 Å². The van der Waals surface area contributed by atoms with Crippen molar-refractivity contribution in [1.29, 1.82) is 0 Å². The van der Waals surface area contributed by atoms with Gasteiger partial charge in [-0.1, -0.05) is 13.3 Å². The van der Waals surface area contributed by atoms with Crippen molar-refractivity contribution in [2.45, 2.75) is 52.0 Å².